The summed E-state index contributed by atoms with van der Waals surface area (Å²) in [5.74, 6) is 0.139. The highest BCUT2D eigenvalue weighted by Crippen LogP contribution is 2.25. The average Bonchev–Trinajstić information content (AvgIpc) is 3.16. The molecule has 0 aliphatic carbocycles. The minimum absolute atomic E-state index is 0.227. The number of nitrogens with one attached hydrogen (secondary N) is 1. The van der Waals surface area contributed by atoms with E-state index in [1.807, 2.05) is 50.4 Å². The van der Waals surface area contributed by atoms with Crippen LogP contribution in [0, 0.1) is 6.92 Å². The van der Waals surface area contributed by atoms with Gasteiger partial charge >= 0.3 is 0 Å². The number of hydrogen-bond donors (Lipinski definition) is 1. The van der Waals surface area contributed by atoms with Crippen molar-refractivity contribution in [3.63, 3.8) is 0 Å². The van der Waals surface area contributed by atoms with Crippen molar-refractivity contribution < 1.29 is 9.53 Å². The van der Waals surface area contributed by atoms with E-state index in [0.29, 0.717) is 16.9 Å². The van der Waals surface area contributed by atoms with Gasteiger partial charge < -0.3 is 10.1 Å². The standard InChI is InChI=1S/C18H20BrN5O2/c1-12-9-14(21-23(12)3)10-20-17(25)13(2)26-18-16(19)11-24(22-18)15-7-5-4-6-8-15/h4-9,11,13H,10H2,1-3H3,(H,20,25)/t13-/m0/s1. The molecule has 0 saturated heterocycles. The van der Waals surface area contributed by atoms with Gasteiger partial charge in [0.05, 0.1) is 22.4 Å². The van der Waals surface area contributed by atoms with Crippen molar-refractivity contribution >= 4 is 21.8 Å². The van der Waals surface area contributed by atoms with Crippen molar-refractivity contribution in [2.45, 2.75) is 26.5 Å². The lowest BCUT2D eigenvalue weighted by Gasteiger charge is -2.12. The number of aromatic nitrogens is 4. The minimum atomic E-state index is -0.685. The number of amides is 1. The lowest BCUT2D eigenvalue weighted by atomic mass is 10.3. The van der Waals surface area contributed by atoms with E-state index in [2.05, 4.69) is 31.4 Å². The van der Waals surface area contributed by atoms with Gasteiger partial charge in [-0.15, -0.1) is 5.10 Å². The Morgan fingerprint density at radius 2 is 2.04 bits per heavy atom. The van der Waals surface area contributed by atoms with Gasteiger partial charge in [0.25, 0.3) is 5.91 Å². The Labute approximate surface area is 160 Å². The van der Waals surface area contributed by atoms with Crippen LogP contribution in [0.2, 0.25) is 0 Å². The zero-order valence-electron chi connectivity index (χ0n) is 14.8. The van der Waals surface area contributed by atoms with E-state index >= 15 is 0 Å². The predicted octanol–water partition coefficient (Wildman–Crippen LogP) is 2.76. The molecule has 0 spiro atoms. The van der Waals surface area contributed by atoms with Crippen molar-refractivity contribution in [3.8, 4) is 11.6 Å². The Morgan fingerprint density at radius 3 is 2.69 bits per heavy atom. The summed E-state index contributed by atoms with van der Waals surface area (Å²) in [5, 5.41) is 11.5. The third-order valence-corrected chi connectivity index (χ3v) is 4.47. The third kappa shape index (κ3) is 4.13. The van der Waals surface area contributed by atoms with Crippen LogP contribution in [0.15, 0.2) is 47.1 Å². The molecule has 0 bridgehead atoms. The fraction of sp³-hybridized carbons (Fsp3) is 0.278. The van der Waals surface area contributed by atoms with Gasteiger partial charge in [-0.2, -0.15) is 5.10 Å². The third-order valence-electron chi connectivity index (χ3n) is 3.92. The molecule has 3 rings (SSSR count). The van der Waals surface area contributed by atoms with E-state index in [1.165, 1.54) is 0 Å². The molecule has 3 aromatic rings. The fourth-order valence-electron chi connectivity index (χ4n) is 2.39. The second-order valence-electron chi connectivity index (χ2n) is 5.94. The molecule has 2 heterocycles. The number of hydrogen-bond acceptors (Lipinski definition) is 4. The van der Waals surface area contributed by atoms with Crippen LogP contribution in [0.4, 0.5) is 0 Å². The van der Waals surface area contributed by atoms with Crippen LogP contribution in [-0.2, 0) is 18.4 Å². The van der Waals surface area contributed by atoms with Crippen molar-refractivity contribution in [2.24, 2.45) is 7.05 Å². The van der Waals surface area contributed by atoms with Crippen LogP contribution in [0.3, 0.4) is 0 Å². The van der Waals surface area contributed by atoms with Crippen LogP contribution in [0.5, 0.6) is 5.88 Å². The number of carbonyl (C=O) groups excluding carboxylic acids is 1. The van der Waals surface area contributed by atoms with Crippen molar-refractivity contribution in [1.29, 1.82) is 0 Å². The number of para-hydroxylation sites is 1. The first-order chi connectivity index (χ1) is 12.4. The number of ether oxygens (including phenoxy) is 1. The van der Waals surface area contributed by atoms with Crippen molar-refractivity contribution in [2.75, 3.05) is 0 Å². The van der Waals surface area contributed by atoms with Gasteiger partial charge in [-0.1, -0.05) is 18.2 Å². The minimum Gasteiger partial charge on any atom is -0.463 e. The molecule has 1 amide bonds. The van der Waals surface area contributed by atoms with E-state index in [4.69, 9.17) is 4.74 Å². The molecule has 2 aromatic heterocycles. The Hall–Kier alpha value is -2.61. The normalized spacial score (nSPS) is 12.0. The van der Waals surface area contributed by atoms with E-state index in [9.17, 15) is 4.79 Å². The van der Waals surface area contributed by atoms with Crippen molar-refractivity contribution in [1.82, 2.24) is 24.9 Å². The number of carbonyl (C=O) groups is 1. The van der Waals surface area contributed by atoms with Gasteiger partial charge in [-0.05, 0) is 48.0 Å². The van der Waals surface area contributed by atoms with E-state index in [0.717, 1.165) is 17.1 Å². The zero-order chi connectivity index (χ0) is 18.7. The molecule has 26 heavy (non-hydrogen) atoms. The summed E-state index contributed by atoms with van der Waals surface area (Å²) in [6.45, 7) is 4.01. The van der Waals surface area contributed by atoms with Gasteiger partial charge in [0.2, 0.25) is 5.88 Å². The Kier molecular flexibility index (Phi) is 5.41. The Morgan fingerprint density at radius 1 is 1.31 bits per heavy atom. The van der Waals surface area contributed by atoms with Crippen LogP contribution < -0.4 is 10.1 Å². The number of aryl methyl sites for hydroxylation is 2. The molecule has 7 nitrogen and oxygen atoms in total. The summed E-state index contributed by atoms with van der Waals surface area (Å²) in [6.07, 6.45) is 1.11. The molecule has 1 atom stereocenters. The predicted molar refractivity (Wildman–Crippen MR) is 101 cm³/mol. The van der Waals surface area contributed by atoms with Gasteiger partial charge in [0.15, 0.2) is 6.10 Å². The molecule has 0 aliphatic rings. The molecule has 1 N–H and O–H groups in total. The van der Waals surface area contributed by atoms with Gasteiger partial charge in [0, 0.05) is 18.9 Å². The first-order valence-electron chi connectivity index (χ1n) is 8.18. The first kappa shape index (κ1) is 18.2. The smallest absolute Gasteiger partial charge is 0.261 e. The molecular weight excluding hydrogens is 398 g/mol. The van der Waals surface area contributed by atoms with E-state index < -0.39 is 6.10 Å². The number of benzene rings is 1. The second-order valence-corrected chi connectivity index (χ2v) is 6.80. The lowest BCUT2D eigenvalue weighted by molar-refractivity contribution is -0.127. The molecular formula is C18H20BrN5O2. The van der Waals surface area contributed by atoms with Gasteiger partial charge in [-0.25, -0.2) is 4.68 Å². The molecule has 0 fully saturated rings. The SMILES string of the molecule is Cc1cc(CNC(=O)[C@H](C)Oc2nn(-c3ccccc3)cc2Br)nn1C. The summed E-state index contributed by atoms with van der Waals surface area (Å²) in [6, 6.07) is 11.6. The lowest BCUT2D eigenvalue weighted by Crippen LogP contribution is -2.36. The summed E-state index contributed by atoms with van der Waals surface area (Å²) < 4.78 is 9.86. The summed E-state index contributed by atoms with van der Waals surface area (Å²) in [7, 11) is 1.87. The maximum absolute atomic E-state index is 12.3. The van der Waals surface area contributed by atoms with Crippen LogP contribution in [0.25, 0.3) is 5.69 Å². The summed E-state index contributed by atoms with van der Waals surface area (Å²) in [4.78, 5) is 12.3. The van der Waals surface area contributed by atoms with Crippen LogP contribution in [0.1, 0.15) is 18.3 Å². The largest absolute Gasteiger partial charge is 0.463 e. The fourth-order valence-corrected chi connectivity index (χ4v) is 2.76. The molecule has 0 unspecified atom stereocenters. The van der Waals surface area contributed by atoms with E-state index in [-0.39, 0.29) is 5.91 Å². The Balaban J connectivity index is 1.61. The quantitative estimate of drug-likeness (QED) is 0.668. The molecule has 8 heteroatoms. The van der Waals surface area contributed by atoms with Gasteiger partial charge in [-0.3, -0.25) is 9.48 Å². The monoisotopic (exact) mass is 417 g/mol. The highest BCUT2D eigenvalue weighted by atomic mass is 79.9. The van der Waals surface area contributed by atoms with Gasteiger partial charge in [0.1, 0.15) is 0 Å². The second kappa shape index (κ2) is 7.74. The topological polar surface area (TPSA) is 74.0 Å². The maximum atomic E-state index is 12.3. The number of rotatable bonds is 6. The molecule has 1 aromatic carbocycles. The average molecular weight is 418 g/mol. The molecule has 0 saturated carbocycles. The molecule has 0 radical (unpaired) electrons. The highest BCUT2D eigenvalue weighted by Gasteiger charge is 2.19. The summed E-state index contributed by atoms with van der Waals surface area (Å²) >= 11 is 3.43. The maximum Gasteiger partial charge on any atom is 0.261 e. The Bertz CT molecular complexity index is 884. The number of halogens is 1. The first-order valence-corrected chi connectivity index (χ1v) is 8.98. The highest BCUT2D eigenvalue weighted by molar-refractivity contribution is 9.10. The van der Waals surface area contributed by atoms with Crippen LogP contribution in [-0.4, -0.2) is 31.6 Å². The molecule has 0 aliphatic heterocycles. The van der Waals surface area contributed by atoms with Crippen LogP contribution >= 0.6 is 15.9 Å². The van der Waals surface area contributed by atoms with E-state index in [1.54, 1.807) is 22.5 Å². The summed E-state index contributed by atoms with van der Waals surface area (Å²) in [5.41, 5.74) is 2.75. The zero-order valence-corrected chi connectivity index (χ0v) is 16.4. The van der Waals surface area contributed by atoms with Crippen molar-refractivity contribution in [3.05, 3.63) is 58.5 Å². The number of nitrogens with zero attached hydrogens (tertiary/aromatic N) is 4. The molecule has 136 valence electrons.